The van der Waals surface area contributed by atoms with Gasteiger partial charge < -0.3 is 20.4 Å². The van der Waals surface area contributed by atoms with Crippen LogP contribution in [0.4, 0.5) is 5.69 Å². The number of rotatable bonds is 5. The van der Waals surface area contributed by atoms with Crippen LogP contribution in [0.2, 0.25) is 0 Å². The molecule has 1 aromatic carbocycles. The Labute approximate surface area is 112 Å². The highest BCUT2D eigenvalue weighted by Gasteiger charge is 2.07. The van der Waals surface area contributed by atoms with Gasteiger partial charge in [-0.15, -0.1) is 0 Å². The van der Waals surface area contributed by atoms with E-state index in [1.165, 1.54) is 0 Å². The van der Waals surface area contributed by atoms with Gasteiger partial charge in [-0.1, -0.05) is 6.07 Å². The molecule has 0 aliphatic heterocycles. The van der Waals surface area contributed by atoms with Gasteiger partial charge in [-0.05, 0) is 24.3 Å². The van der Waals surface area contributed by atoms with Crippen LogP contribution in [0.15, 0.2) is 42.6 Å². The Kier molecular flexibility index (Phi) is 4.07. The molecule has 5 heteroatoms. The molecule has 2 aromatic rings. The quantitative estimate of drug-likeness (QED) is 0.630. The number of hydrogen-bond donors (Lipinski definition) is 2. The van der Waals surface area contributed by atoms with Gasteiger partial charge in [0.05, 0.1) is 6.54 Å². The number of carbonyl (C=O) groups excluding carboxylic acids is 1. The molecule has 0 saturated heterocycles. The molecular formula is C14H17N3O2. The van der Waals surface area contributed by atoms with Crippen molar-refractivity contribution in [2.45, 2.75) is 0 Å². The Morgan fingerprint density at radius 1 is 1.37 bits per heavy atom. The van der Waals surface area contributed by atoms with Crippen molar-refractivity contribution in [2.75, 3.05) is 18.9 Å². The summed E-state index contributed by atoms with van der Waals surface area (Å²) in [5, 5.41) is 2.79. The predicted octanol–water partition coefficient (Wildman–Crippen LogP) is 1.42. The van der Waals surface area contributed by atoms with Gasteiger partial charge in [0.1, 0.15) is 18.1 Å². The molecule has 0 bridgehead atoms. The summed E-state index contributed by atoms with van der Waals surface area (Å²) in [5.74, 6) is 0.594. The molecule has 0 aliphatic carbocycles. The zero-order valence-electron chi connectivity index (χ0n) is 10.8. The van der Waals surface area contributed by atoms with E-state index < -0.39 is 0 Å². The van der Waals surface area contributed by atoms with Gasteiger partial charge in [0.25, 0.3) is 5.91 Å². The van der Waals surface area contributed by atoms with Crippen LogP contribution in [0.3, 0.4) is 0 Å². The van der Waals surface area contributed by atoms with Crippen molar-refractivity contribution < 1.29 is 9.53 Å². The third kappa shape index (κ3) is 3.51. The Morgan fingerprint density at radius 3 is 2.89 bits per heavy atom. The Hall–Kier alpha value is -2.43. The minimum atomic E-state index is -0.108. The number of nitrogens with one attached hydrogen (secondary N) is 1. The minimum Gasteiger partial charge on any atom is -0.492 e. The monoisotopic (exact) mass is 259 g/mol. The maximum absolute atomic E-state index is 11.8. The summed E-state index contributed by atoms with van der Waals surface area (Å²) in [6.45, 7) is 0.846. The molecule has 0 radical (unpaired) electrons. The highest BCUT2D eigenvalue weighted by molar-refractivity contribution is 5.92. The number of hydrogen-bond acceptors (Lipinski definition) is 3. The summed E-state index contributed by atoms with van der Waals surface area (Å²) < 4.78 is 7.26. The first-order valence-corrected chi connectivity index (χ1v) is 6.04. The molecular weight excluding hydrogens is 242 g/mol. The van der Waals surface area contributed by atoms with Crippen molar-refractivity contribution in [2.24, 2.45) is 7.05 Å². The van der Waals surface area contributed by atoms with Gasteiger partial charge in [0.15, 0.2) is 0 Å². The fraction of sp³-hybridized carbons (Fsp3) is 0.214. The second-order valence-corrected chi connectivity index (χ2v) is 4.18. The third-order valence-electron chi connectivity index (χ3n) is 2.69. The topological polar surface area (TPSA) is 69.3 Å². The van der Waals surface area contributed by atoms with Gasteiger partial charge in [0.2, 0.25) is 0 Å². The molecule has 1 heterocycles. The van der Waals surface area contributed by atoms with Crippen molar-refractivity contribution >= 4 is 11.6 Å². The van der Waals surface area contributed by atoms with Crippen LogP contribution in [0.1, 0.15) is 10.5 Å². The van der Waals surface area contributed by atoms with E-state index in [1.54, 1.807) is 22.8 Å². The average molecular weight is 259 g/mol. The molecule has 3 N–H and O–H groups in total. The number of nitrogen functional groups attached to an aromatic ring is 1. The van der Waals surface area contributed by atoms with Gasteiger partial charge in [0, 0.05) is 25.0 Å². The zero-order chi connectivity index (χ0) is 13.7. The van der Waals surface area contributed by atoms with E-state index in [2.05, 4.69) is 5.32 Å². The molecule has 100 valence electrons. The van der Waals surface area contributed by atoms with Crippen molar-refractivity contribution in [3.8, 4) is 5.75 Å². The first-order valence-electron chi connectivity index (χ1n) is 6.04. The highest BCUT2D eigenvalue weighted by Crippen LogP contribution is 2.13. The molecule has 0 unspecified atom stereocenters. The van der Waals surface area contributed by atoms with E-state index in [0.717, 1.165) is 0 Å². The van der Waals surface area contributed by atoms with Crippen LogP contribution >= 0.6 is 0 Å². The van der Waals surface area contributed by atoms with Crippen molar-refractivity contribution in [3.05, 3.63) is 48.3 Å². The van der Waals surface area contributed by atoms with Crippen LogP contribution < -0.4 is 15.8 Å². The number of anilines is 1. The number of benzene rings is 1. The highest BCUT2D eigenvalue weighted by atomic mass is 16.5. The van der Waals surface area contributed by atoms with Crippen LogP contribution in [0.5, 0.6) is 5.75 Å². The van der Waals surface area contributed by atoms with Crippen molar-refractivity contribution in [1.82, 2.24) is 9.88 Å². The molecule has 0 aliphatic rings. The first kappa shape index (κ1) is 13.0. The normalized spacial score (nSPS) is 10.2. The van der Waals surface area contributed by atoms with Gasteiger partial charge >= 0.3 is 0 Å². The summed E-state index contributed by atoms with van der Waals surface area (Å²) in [5.41, 5.74) is 6.93. The number of amides is 1. The van der Waals surface area contributed by atoms with E-state index in [0.29, 0.717) is 30.3 Å². The largest absolute Gasteiger partial charge is 0.492 e. The number of aromatic nitrogens is 1. The van der Waals surface area contributed by atoms with E-state index >= 15 is 0 Å². The van der Waals surface area contributed by atoms with Crippen LogP contribution in [0, 0.1) is 0 Å². The lowest BCUT2D eigenvalue weighted by atomic mass is 10.3. The maximum Gasteiger partial charge on any atom is 0.268 e. The van der Waals surface area contributed by atoms with E-state index in [4.69, 9.17) is 10.5 Å². The number of ether oxygens (including phenoxy) is 1. The van der Waals surface area contributed by atoms with Crippen molar-refractivity contribution in [1.29, 1.82) is 0 Å². The zero-order valence-corrected chi connectivity index (χ0v) is 10.8. The second-order valence-electron chi connectivity index (χ2n) is 4.18. The summed E-state index contributed by atoms with van der Waals surface area (Å²) in [6.07, 6.45) is 1.83. The Morgan fingerprint density at radius 2 is 2.21 bits per heavy atom. The van der Waals surface area contributed by atoms with Crippen LogP contribution in [-0.4, -0.2) is 23.6 Å². The molecule has 0 spiro atoms. The number of nitrogens with zero attached hydrogens (tertiary/aromatic N) is 1. The molecule has 1 amide bonds. The standard InChI is InChI=1S/C14H17N3O2/c1-17-8-3-6-13(17)14(18)16-7-9-19-12-5-2-4-11(15)10-12/h2-6,8,10H,7,9,15H2,1H3,(H,16,18). The summed E-state index contributed by atoms with van der Waals surface area (Å²) in [7, 11) is 1.83. The lowest BCUT2D eigenvalue weighted by Crippen LogP contribution is -2.29. The maximum atomic E-state index is 11.8. The summed E-state index contributed by atoms with van der Waals surface area (Å²) in [6, 6.07) is 10.8. The van der Waals surface area contributed by atoms with Crippen LogP contribution in [-0.2, 0) is 7.05 Å². The molecule has 0 fully saturated rings. The van der Waals surface area contributed by atoms with Gasteiger partial charge in [-0.2, -0.15) is 0 Å². The Bertz CT molecular complexity index is 563. The average Bonchev–Trinajstić information content (AvgIpc) is 2.81. The van der Waals surface area contributed by atoms with Gasteiger partial charge in [-0.25, -0.2) is 0 Å². The number of nitrogens with two attached hydrogens (primary N) is 1. The Balaban J connectivity index is 1.75. The van der Waals surface area contributed by atoms with E-state index in [1.807, 2.05) is 31.4 Å². The summed E-state index contributed by atoms with van der Waals surface area (Å²) in [4.78, 5) is 11.8. The molecule has 0 atom stereocenters. The summed E-state index contributed by atoms with van der Waals surface area (Å²) >= 11 is 0. The smallest absolute Gasteiger partial charge is 0.268 e. The molecule has 1 aromatic heterocycles. The van der Waals surface area contributed by atoms with E-state index in [-0.39, 0.29) is 5.91 Å². The molecule has 19 heavy (non-hydrogen) atoms. The lowest BCUT2D eigenvalue weighted by Gasteiger charge is -2.08. The van der Waals surface area contributed by atoms with Gasteiger partial charge in [-0.3, -0.25) is 4.79 Å². The number of carbonyl (C=O) groups is 1. The molecule has 2 rings (SSSR count). The molecule has 5 nitrogen and oxygen atoms in total. The van der Waals surface area contributed by atoms with Crippen LogP contribution in [0.25, 0.3) is 0 Å². The SMILES string of the molecule is Cn1cccc1C(=O)NCCOc1cccc(N)c1. The van der Waals surface area contributed by atoms with Crippen molar-refractivity contribution in [3.63, 3.8) is 0 Å². The predicted molar refractivity (Wildman–Crippen MR) is 74.1 cm³/mol. The minimum absolute atomic E-state index is 0.108. The fourth-order valence-electron chi connectivity index (χ4n) is 1.73. The fourth-order valence-corrected chi connectivity index (χ4v) is 1.73. The first-order chi connectivity index (χ1) is 9.16. The second kappa shape index (κ2) is 5.95. The number of aryl methyl sites for hydroxylation is 1. The third-order valence-corrected chi connectivity index (χ3v) is 2.69. The lowest BCUT2D eigenvalue weighted by molar-refractivity contribution is 0.0939. The van der Waals surface area contributed by atoms with E-state index in [9.17, 15) is 4.79 Å². The molecule has 0 saturated carbocycles.